The molecule has 4 aliphatic carbocycles. The summed E-state index contributed by atoms with van der Waals surface area (Å²) < 4.78 is 5.89. The van der Waals surface area contributed by atoms with Gasteiger partial charge in [-0.15, -0.1) is 0 Å². The molecule has 0 aromatic carbocycles. The Morgan fingerprint density at radius 3 is 1.68 bits per heavy atom. The van der Waals surface area contributed by atoms with Gasteiger partial charge in [0.05, 0.1) is 0 Å². The average Bonchev–Trinajstić information content (AvgIpc) is 3.40. The van der Waals surface area contributed by atoms with Gasteiger partial charge in [0, 0.05) is 33.8 Å². The Morgan fingerprint density at radius 2 is 1.29 bits per heavy atom. The van der Waals surface area contributed by atoms with Crippen LogP contribution in [0.15, 0.2) is 53.0 Å². The van der Waals surface area contributed by atoms with Crippen molar-refractivity contribution in [2.45, 2.75) is 146 Å². The number of hydrogen-bond donors (Lipinski definition) is 0. The normalized spacial score (nSPS) is 22.9. The van der Waals surface area contributed by atoms with Gasteiger partial charge in [-0.1, -0.05) is 108 Å². The van der Waals surface area contributed by atoms with Crippen molar-refractivity contribution >= 4 is 7.05 Å². The Kier molecular flexibility index (Phi) is 15.4. The molecular weight excluding hydrogens is 465 g/mol. The second-order valence-electron chi connectivity index (χ2n) is 10.8. The van der Waals surface area contributed by atoms with Crippen LogP contribution in [0, 0.1) is 0 Å². The molecule has 0 radical (unpaired) electrons. The van der Waals surface area contributed by atoms with Crippen LogP contribution in [0.2, 0.25) is 0 Å². The molecule has 0 N–H and O–H groups in total. The second-order valence-corrected chi connectivity index (χ2v) is 14.8. The van der Waals surface area contributed by atoms with E-state index in [2.05, 4.69) is 43.4 Å². The van der Waals surface area contributed by atoms with Crippen molar-refractivity contribution in [2.24, 2.45) is 4.74 Å². The SMILES string of the molecule is C1=CCC(N=P(C2CCCCC2)(C2CCCCC2)C2CCCCC2)=C1.CC=CC=CCCC.[Ti]. The molecular formula is C31H52NPTi. The summed E-state index contributed by atoms with van der Waals surface area (Å²) in [6, 6.07) is 0. The molecule has 190 valence electrons. The Labute approximate surface area is 227 Å². The number of unbranched alkanes of at least 4 members (excludes halogenated alkanes) is 1. The van der Waals surface area contributed by atoms with Crippen molar-refractivity contribution in [2.75, 3.05) is 0 Å². The standard InChI is InChI=1S/C23H38NP.C8H14.Ti/c1-4-14-21(15-5-1)25(22-16-6-2-7-17-22,23-18-8-3-9-19-23)24-20-12-10-11-13-20;1-3-5-7-8-6-4-2;/h10-12,21-23H,1-9,13-19H2;3,5,7-8H,4,6H2,1-2H3;. The molecule has 0 saturated heterocycles. The van der Waals surface area contributed by atoms with Crippen LogP contribution >= 0.6 is 7.05 Å². The molecule has 4 rings (SSSR count). The molecule has 4 aliphatic rings. The predicted molar refractivity (Wildman–Crippen MR) is 151 cm³/mol. The molecule has 0 amide bonds. The van der Waals surface area contributed by atoms with E-state index in [0.29, 0.717) is 0 Å². The summed E-state index contributed by atoms with van der Waals surface area (Å²) in [5, 5.41) is 0. The van der Waals surface area contributed by atoms with E-state index >= 15 is 0 Å². The van der Waals surface area contributed by atoms with Crippen LogP contribution in [0.4, 0.5) is 0 Å². The largest absolute Gasteiger partial charge is 0.271 e. The summed E-state index contributed by atoms with van der Waals surface area (Å²) in [4.78, 5) is 0. The van der Waals surface area contributed by atoms with E-state index in [1.807, 2.05) is 13.0 Å². The van der Waals surface area contributed by atoms with Gasteiger partial charge in [-0.2, -0.15) is 0 Å². The first kappa shape index (κ1) is 30.1. The first-order valence-electron chi connectivity index (χ1n) is 14.6. The van der Waals surface area contributed by atoms with E-state index in [1.54, 1.807) is 0 Å². The molecule has 0 bridgehead atoms. The first-order valence-corrected chi connectivity index (χ1v) is 16.5. The van der Waals surface area contributed by atoms with Gasteiger partial charge in [-0.3, -0.25) is 4.74 Å². The molecule has 0 aromatic heterocycles. The molecule has 0 unspecified atom stereocenters. The quantitative estimate of drug-likeness (QED) is 0.181. The number of hydrogen-bond acceptors (Lipinski definition) is 1. The minimum atomic E-state index is -1.25. The molecule has 0 spiro atoms. The fourth-order valence-corrected chi connectivity index (χ4v) is 13.3. The maximum Gasteiger partial charge on any atom is 0.0425 e. The third kappa shape index (κ3) is 8.78. The maximum atomic E-state index is 5.89. The second kappa shape index (κ2) is 17.4. The van der Waals surface area contributed by atoms with E-state index in [4.69, 9.17) is 4.74 Å². The Balaban J connectivity index is 0.000000394. The van der Waals surface area contributed by atoms with E-state index in [-0.39, 0.29) is 21.7 Å². The fraction of sp³-hybridized carbons (Fsp3) is 0.742. The summed E-state index contributed by atoms with van der Waals surface area (Å²) >= 11 is 0. The van der Waals surface area contributed by atoms with Gasteiger partial charge in [0.25, 0.3) is 0 Å². The van der Waals surface area contributed by atoms with Crippen molar-refractivity contribution in [3.8, 4) is 0 Å². The molecule has 0 heterocycles. The molecule has 3 fully saturated rings. The molecule has 0 atom stereocenters. The Hall–Kier alpha value is -0.0957. The van der Waals surface area contributed by atoms with Crippen molar-refractivity contribution in [3.63, 3.8) is 0 Å². The van der Waals surface area contributed by atoms with Gasteiger partial charge >= 0.3 is 0 Å². The maximum absolute atomic E-state index is 5.89. The number of nitrogens with zero attached hydrogens (tertiary/aromatic N) is 1. The number of rotatable bonds is 7. The zero-order valence-electron chi connectivity index (χ0n) is 22.4. The molecule has 1 nitrogen and oxygen atoms in total. The van der Waals surface area contributed by atoms with Gasteiger partial charge in [-0.05, 0) is 82.0 Å². The smallest absolute Gasteiger partial charge is 0.0425 e. The van der Waals surface area contributed by atoms with E-state index in [9.17, 15) is 0 Å². The van der Waals surface area contributed by atoms with Crippen LogP contribution in [-0.2, 0) is 21.7 Å². The monoisotopic (exact) mass is 517 g/mol. The summed E-state index contributed by atoms with van der Waals surface area (Å²) in [6.07, 6.45) is 41.2. The zero-order chi connectivity index (χ0) is 23.2. The van der Waals surface area contributed by atoms with Gasteiger partial charge in [0.15, 0.2) is 0 Å². The van der Waals surface area contributed by atoms with Gasteiger partial charge in [-0.25, -0.2) is 0 Å². The average molecular weight is 518 g/mol. The number of allylic oxidation sites excluding steroid dienone is 7. The van der Waals surface area contributed by atoms with Gasteiger partial charge in [0.2, 0.25) is 0 Å². The predicted octanol–water partition coefficient (Wildman–Crippen LogP) is 10.9. The third-order valence-electron chi connectivity index (χ3n) is 8.43. The summed E-state index contributed by atoms with van der Waals surface area (Å²) in [7, 11) is -1.25. The molecule has 3 saturated carbocycles. The Morgan fingerprint density at radius 1 is 0.794 bits per heavy atom. The van der Waals surface area contributed by atoms with Crippen LogP contribution in [0.25, 0.3) is 0 Å². The zero-order valence-corrected chi connectivity index (χ0v) is 24.9. The van der Waals surface area contributed by atoms with Crippen LogP contribution in [-0.4, -0.2) is 17.0 Å². The summed E-state index contributed by atoms with van der Waals surface area (Å²) in [5.74, 6) is 0. The van der Waals surface area contributed by atoms with Gasteiger partial charge in [0.1, 0.15) is 0 Å². The third-order valence-corrected chi connectivity index (χ3v) is 14.1. The van der Waals surface area contributed by atoms with Gasteiger partial charge < -0.3 is 0 Å². The molecule has 0 aromatic rings. The van der Waals surface area contributed by atoms with E-state index in [0.717, 1.165) is 23.4 Å². The van der Waals surface area contributed by atoms with Crippen molar-refractivity contribution < 1.29 is 21.7 Å². The van der Waals surface area contributed by atoms with Crippen molar-refractivity contribution in [1.29, 1.82) is 0 Å². The van der Waals surface area contributed by atoms with Crippen molar-refractivity contribution in [3.05, 3.63) is 48.2 Å². The van der Waals surface area contributed by atoms with Crippen LogP contribution < -0.4 is 0 Å². The van der Waals surface area contributed by atoms with Crippen LogP contribution in [0.5, 0.6) is 0 Å². The van der Waals surface area contributed by atoms with E-state index < -0.39 is 7.05 Å². The minimum absolute atomic E-state index is 0. The topological polar surface area (TPSA) is 12.4 Å². The summed E-state index contributed by atoms with van der Waals surface area (Å²) in [5.41, 5.74) is 4.40. The summed E-state index contributed by atoms with van der Waals surface area (Å²) in [6.45, 7) is 4.20. The first-order chi connectivity index (χ1) is 16.3. The minimum Gasteiger partial charge on any atom is -0.271 e. The molecule has 3 heteroatoms. The molecule has 34 heavy (non-hydrogen) atoms. The van der Waals surface area contributed by atoms with Crippen molar-refractivity contribution in [1.82, 2.24) is 0 Å². The van der Waals surface area contributed by atoms with Crippen LogP contribution in [0.1, 0.15) is 129 Å². The van der Waals surface area contributed by atoms with E-state index in [1.165, 1.54) is 115 Å². The molecule has 0 aliphatic heterocycles. The Bertz CT molecular complexity index is 661. The van der Waals surface area contributed by atoms with Crippen LogP contribution in [0.3, 0.4) is 0 Å². The fourth-order valence-electron chi connectivity index (χ4n) is 6.81.